The number of halogens is 2. The number of rotatable bonds is 7. The number of methoxy groups -OCH3 is 1. The lowest BCUT2D eigenvalue weighted by Crippen LogP contribution is -2.33. The summed E-state index contributed by atoms with van der Waals surface area (Å²) in [5, 5.41) is 6.56. The number of hydrogen-bond donors (Lipinski definition) is 1. The fraction of sp³-hybridized carbons (Fsp3) is 0.393. The number of aromatic amines is 1. The molecule has 0 saturated heterocycles. The zero-order valence-electron chi connectivity index (χ0n) is 22.8. The van der Waals surface area contributed by atoms with E-state index in [2.05, 4.69) is 32.1 Å². The number of fused-ring (bicyclic) bond motifs is 1. The minimum atomic E-state index is -1.38. The normalized spacial score (nSPS) is 19.0. The van der Waals surface area contributed by atoms with E-state index in [0.717, 1.165) is 25.7 Å². The summed E-state index contributed by atoms with van der Waals surface area (Å²) in [6.07, 6.45) is 8.98. The van der Waals surface area contributed by atoms with Crippen LogP contribution in [0.5, 0.6) is 0 Å². The van der Waals surface area contributed by atoms with Gasteiger partial charge >= 0.3 is 5.76 Å². The summed E-state index contributed by atoms with van der Waals surface area (Å²) in [6.45, 7) is 4.58. The quantitative estimate of drug-likeness (QED) is 0.277. The first-order valence-electron chi connectivity index (χ1n) is 13.4. The number of imidazole rings is 1. The van der Waals surface area contributed by atoms with Gasteiger partial charge in [0.2, 0.25) is 5.82 Å². The van der Waals surface area contributed by atoms with E-state index >= 15 is 4.39 Å². The molecule has 5 aromatic heterocycles. The van der Waals surface area contributed by atoms with E-state index in [4.69, 9.17) is 30.7 Å². The average molecular weight is 579 g/mol. The molecule has 1 aliphatic rings. The van der Waals surface area contributed by atoms with E-state index in [-0.39, 0.29) is 23.1 Å². The number of pyridine rings is 2. The van der Waals surface area contributed by atoms with Gasteiger partial charge in [-0.1, -0.05) is 31.4 Å². The van der Waals surface area contributed by atoms with Crippen molar-refractivity contribution in [2.24, 2.45) is 11.8 Å². The van der Waals surface area contributed by atoms with E-state index in [1.165, 1.54) is 31.6 Å². The third kappa shape index (κ3) is 5.02. The van der Waals surface area contributed by atoms with Gasteiger partial charge in [0.25, 0.3) is 5.89 Å². The summed E-state index contributed by atoms with van der Waals surface area (Å²) in [4.78, 5) is 34.7. The molecule has 6 rings (SSSR count). The maximum absolute atomic E-state index is 15.2. The molecule has 0 spiro atoms. The van der Waals surface area contributed by atoms with Gasteiger partial charge in [0.15, 0.2) is 11.2 Å². The average Bonchev–Trinajstić information content (AvgIpc) is 3.57. The van der Waals surface area contributed by atoms with E-state index in [1.807, 2.05) is 4.57 Å². The van der Waals surface area contributed by atoms with Crippen LogP contribution in [0.2, 0.25) is 5.02 Å². The van der Waals surface area contributed by atoms with Crippen LogP contribution in [0.25, 0.3) is 34.1 Å². The van der Waals surface area contributed by atoms with Crippen LogP contribution < -0.4 is 5.76 Å². The lowest BCUT2D eigenvalue weighted by atomic mass is 9.83. The Morgan fingerprint density at radius 2 is 2.02 bits per heavy atom. The Balaban J connectivity index is 1.66. The lowest BCUT2D eigenvalue weighted by molar-refractivity contribution is 0.0209. The Bertz CT molecular complexity index is 1780. The van der Waals surface area contributed by atoms with Gasteiger partial charge in [-0.15, -0.1) is 5.10 Å². The molecule has 0 aromatic carbocycles. The molecule has 13 heteroatoms. The predicted molar refractivity (Wildman–Crippen MR) is 148 cm³/mol. The van der Waals surface area contributed by atoms with Gasteiger partial charge in [-0.25, -0.2) is 29.2 Å². The standard InChI is InChI=1S/C28H28ClFN8O3/c1-15-6-8-16(9-7-15)14-38-21-20(17-11-18(29)13-31-12-17)33-24(25-36-37-27(39)41-25)34-23(21)35-26(38)28(2,40-3)22-19(30)5-4-10-32-22/h4-5,10-13,15-16H,6-9,14H2,1-3H3,(H,37,39)/t15-,16-,28?. The smallest absolute Gasteiger partial charge is 0.384 e. The summed E-state index contributed by atoms with van der Waals surface area (Å²) < 4.78 is 28.4. The molecule has 5 heterocycles. The zero-order valence-corrected chi connectivity index (χ0v) is 23.5. The van der Waals surface area contributed by atoms with Gasteiger partial charge in [0.05, 0.1) is 5.02 Å². The molecule has 0 radical (unpaired) electrons. The summed E-state index contributed by atoms with van der Waals surface area (Å²) in [6, 6.07) is 4.60. The van der Waals surface area contributed by atoms with Gasteiger partial charge in [-0.3, -0.25) is 9.97 Å². The van der Waals surface area contributed by atoms with Crippen molar-refractivity contribution in [3.8, 4) is 23.0 Å². The third-order valence-corrected chi connectivity index (χ3v) is 8.04. The second-order valence-electron chi connectivity index (χ2n) is 10.6. The fourth-order valence-electron chi connectivity index (χ4n) is 5.54. The van der Waals surface area contributed by atoms with Crippen molar-refractivity contribution in [1.29, 1.82) is 0 Å². The Morgan fingerprint density at radius 1 is 1.22 bits per heavy atom. The Labute approximate surface area is 239 Å². The highest BCUT2D eigenvalue weighted by Gasteiger charge is 2.40. The molecule has 5 aromatic rings. The monoisotopic (exact) mass is 578 g/mol. The molecular weight excluding hydrogens is 551 g/mol. The SMILES string of the molecule is COC(C)(c1ncccc1F)c1nc2nc(-c3n[nH]c(=O)o3)nc(-c3cncc(Cl)c3)c2n1C[C@H]1CC[C@H](C)CC1. The van der Waals surface area contributed by atoms with E-state index < -0.39 is 17.2 Å². The minimum absolute atomic E-state index is 0.0386. The minimum Gasteiger partial charge on any atom is -0.384 e. The topological polar surface area (TPSA) is 138 Å². The summed E-state index contributed by atoms with van der Waals surface area (Å²) in [5.41, 5.74) is 0.634. The largest absolute Gasteiger partial charge is 0.434 e. The Hall–Kier alpha value is -4.03. The number of ether oxygens (including phenoxy) is 1. The zero-order chi connectivity index (χ0) is 28.7. The highest BCUT2D eigenvalue weighted by atomic mass is 35.5. The third-order valence-electron chi connectivity index (χ3n) is 7.83. The molecular formula is C28H28ClFN8O3. The maximum Gasteiger partial charge on any atom is 0.434 e. The van der Waals surface area contributed by atoms with Gasteiger partial charge in [0.1, 0.15) is 28.5 Å². The van der Waals surface area contributed by atoms with Crippen molar-refractivity contribution in [2.75, 3.05) is 7.11 Å². The highest BCUT2D eigenvalue weighted by molar-refractivity contribution is 6.30. The van der Waals surface area contributed by atoms with Gasteiger partial charge in [-0.05, 0) is 49.8 Å². The predicted octanol–water partition coefficient (Wildman–Crippen LogP) is 5.16. The first kappa shape index (κ1) is 27.2. The second-order valence-corrected chi connectivity index (χ2v) is 11.1. The summed E-state index contributed by atoms with van der Waals surface area (Å²) >= 11 is 6.34. The first-order chi connectivity index (χ1) is 19.8. The van der Waals surface area contributed by atoms with E-state index in [1.54, 1.807) is 19.2 Å². The molecule has 1 aliphatic carbocycles. The van der Waals surface area contributed by atoms with Crippen LogP contribution in [-0.2, 0) is 16.9 Å². The van der Waals surface area contributed by atoms with Gasteiger partial charge in [-0.2, -0.15) is 0 Å². The van der Waals surface area contributed by atoms with Crippen molar-refractivity contribution < 1.29 is 13.5 Å². The van der Waals surface area contributed by atoms with Crippen molar-refractivity contribution >= 4 is 22.8 Å². The highest BCUT2D eigenvalue weighted by Crippen LogP contribution is 2.39. The molecule has 1 atom stereocenters. The second kappa shape index (κ2) is 10.7. The molecule has 11 nitrogen and oxygen atoms in total. The molecule has 1 saturated carbocycles. The molecule has 1 N–H and O–H groups in total. The number of hydrogen-bond acceptors (Lipinski definition) is 9. The molecule has 0 bridgehead atoms. The first-order valence-corrected chi connectivity index (χ1v) is 13.8. The molecule has 1 fully saturated rings. The number of nitrogens with one attached hydrogen (secondary N) is 1. The van der Waals surface area contributed by atoms with Crippen molar-refractivity contribution in [1.82, 2.24) is 39.7 Å². The van der Waals surface area contributed by atoms with Gasteiger partial charge in [0, 0.05) is 37.8 Å². The van der Waals surface area contributed by atoms with Crippen molar-refractivity contribution in [2.45, 2.75) is 51.7 Å². The van der Waals surface area contributed by atoms with Crippen LogP contribution in [0.3, 0.4) is 0 Å². The number of aromatic nitrogens is 8. The molecule has 0 amide bonds. The van der Waals surface area contributed by atoms with Crippen LogP contribution in [0.1, 0.15) is 51.0 Å². The molecule has 0 aliphatic heterocycles. The lowest BCUT2D eigenvalue weighted by Gasteiger charge is -2.31. The maximum atomic E-state index is 15.2. The van der Waals surface area contributed by atoms with Crippen LogP contribution in [0.4, 0.5) is 4.39 Å². The molecule has 41 heavy (non-hydrogen) atoms. The fourth-order valence-corrected chi connectivity index (χ4v) is 5.72. The summed E-state index contributed by atoms with van der Waals surface area (Å²) in [7, 11) is 1.50. The number of nitrogens with zero attached hydrogens (tertiary/aromatic N) is 7. The number of H-pyrrole nitrogens is 1. The van der Waals surface area contributed by atoms with Crippen molar-refractivity contribution in [3.63, 3.8) is 0 Å². The van der Waals surface area contributed by atoms with Gasteiger partial charge < -0.3 is 13.7 Å². The van der Waals surface area contributed by atoms with Crippen LogP contribution in [-0.4, -0.2) is 46.8 Å². The van der Waals surface area contributed by atoms with Crippen LogP contribution in [0, 0.1) is 17.7 Å². The van der Waals surface area contributed by atoms with Crippen molar-refractivity contribution in [3.05, 3.63) is 69.7 Å². The summed E-state index contributed by atoms with van der Waals surface area (Å²) in [5.74, 6) is 0.0899. The molecule has 1 unspecified atom stereocenters. The molecule has 212 valence electrons. The Kier molecular flexibility index (Phi) is 7.12. The van der Waals surface area contributed by atoms with Crippen LogP contribution in [0.15, 0.2) is 46.0 Å². The van der Waals surface area contributed by atoms with Crippen LogP contribution >= 0.6 is 11.6 Å². The van der Waals surface area contributed by atoms with E-state index in [9.17, 15) is 4.79 Å². The van der Waals surface area contributed by atoms with E-state index in [0.29, 0.717) is 46.0 Å². The Morgan fingerprint density at radius 3 is 2.71 bits per heavy atom.